The molecule has 0 saturated heterocycles. The van der Waals surface area contributed by atoms with E-state index in [1.54, 1.807) is 19.1 Å². The smallest absolute Gasteiger partial charge is 0.311 e. The maximum atomic E-state index is 10.8. The van der Waals surface area contributed by atoms with Crippen molar-refractivity contribution in [3.05, 3.63) is 40.0 Å². The summed E-state index contributed by atoms with van der Waals surface area (Å²) < 4.78 is 9.86. The van der Waals surface area contributed by atoms with Gasteiger partial charge in [0, 0.05) is 37.7 Å². The molecule has 8 nitrogen and oxygen atoms in total. The summed E-state index contributed by atoms with van der Waals surface area (Å²) in [6.45, 7) is 2.31. The van der Waals surface area contributed by atoms with Gasteiger partial charge in [0.1, 0.15) is 0 Å². The lowest BCUT2D eigenvalue weighted by Gasteiger charge is -2.07. The van der Waals surface area contributed by atoms with E-state index in [1.165, 1.54) is 13.2 Å². The second-order valence-corrected chi connectivity index (χ2v) is 4.05. The second kappa shape index (κ2) is 6.00. The highest BCUT2D eigenvalue weighted by Crippen LogP contribution is 2.29. The molecule has 0 spiro atoms. The van der Waals surface area contributed by atoms with E-state index < -0.39 is 4.92 Å². The quantitative estimate of drug-likeness (QED) is 0.636. The molecule has 0 saturated carbocycles. The topological polar surface area (TPSA) is 103 Å². The van der Waals surface area contributed by atoms with Crippen molar-refractivity contribution < 1.29 is 14.2 Å². The van der Waals surface area contributed by atoms with Crippen LogP contribution in [-0.4, -0.2) is 28.7 Å². The Morgan fingerprint density at radius 3 is 2.90 bits per heavy atom. The second-order valence-electron chi connectivity index (χ2n) is 4.05. The fourth-order valence-corrected chi connectivity index (χ4v) is 1.70. The normalized spacial score (nSPS) is 10.3. The molecule has 106 valence electrons. The minimum absolute atomic E-state index is 0.0631. The van der Waals surface area contributed by atoms with E-state index >= 15 is 0 Å². The molecule has 0 amide bonds. The number of nitrogens with one attached hydrogen (secondary N) is 1. The maximum Gasteiger partial charge on any atom is 0.311 e. The van der Waals surface area contributed by atoms with Gasteiger partial charge < -0.3 is 14.6 Å². The van der Waals surface area contributed by atoms with Crippen LogP contribution in [0.1, 0.15) is 11.7 Å². The standard InChI is InChI=1S/C12H14N4O4/c1-8-14-12(15-20-8)5-6-13-9-3-4-10(16(17)18)11(7-9)19-2/h3-4,7,13H,5-6H2,1-2H3. The Kier molecular flexibility index (Phi) is 4.14. The molecule has 0 radical (unpaired) electrons. The summed E-state index contributed by atoms with van der Waals surface area (Å²) in [5, 5.41) is 17.7. The molecule has 0 aliphatic rings. The van der Waals surface area contributed by atoms with Gasteiger partial charge in [0.25, 0.3) is 0 Å². The number of ether oxygens (including phenoxy) is 1. The van der Waals surface area contributed by atoms with Gasteiger partial charge in [-0.1, -0.05) is 5.16 Å². The highest BCUT2D eigenvalue weighted by atomic mass is 16.6. The predicted octanol–water partition coefficient (Wildman–Crippen LogP) is 1.95. The molecule has 2 rings (SSSR count). The first kappa shape index (κ1) is 13.8. The molecule has 0 bridgehead atoms. The molecule has 20 heavy (non-hydrogen) atoms. The minimum atomic E-state index is -0.481. The lowest BCUT2D eigenvalue weighted by Crippen LogP contribution is -2.06. The molecular formula is C12H14N4O4. The Morgan fingerprint density at radius 1 is 1.50 bits per heavy atom. The lowest BCUT2D eigenvalue weighted by atomic mass is 10.2. The van der Waals surface area contributed by atoms with E-state index in [0.717, 1.165) is 5.69 Å². The first-order chi connectivity index (χ1) is 9.60. The summed E-state index contributed by atoms with van der Waals surface area (Å²) in [5.41, 5.74) is 0.666. The van der Waals surface area contributed by atoms with E-state index in [2.05, 4.69) is 15.5 Å². The van der Waals surface area contributed by atoms with Crippen LogP contribution in [-0.2, 0) is 6.42 Å². The van der Waals surface area contributed by atoms with Crippen LogP contribution < -0.4 is 10.1 Å². The Balaban J connectivity index is 1.97. The number of anilines is 1. The molecule has 0 fully saturated rings. The van der Waals surface area contributed by atoms with Gasteiger partial charge >= 0.3 is 5.69 Å². The van der Waals surface area contributed by atoms with Crippen LogP contribution in [0.15, 0.2) is 22.7 Å². The third-order valence-corrected chi connectivity index (χ3v) is 2.62. The van der Waals surface area contributed by atoms with Crippen LogP contribution in [0.3, 0.4) is 0 Å². The number of benzene rings is 1. The van der Waals surface area contributed by atoms with Gasteiger partial charge in [-0.25, -0.2) is 0 Å². The fraction of sp³-hybridized carbons (Fsp3) is 0.333. The fourth-order valence-electron chi connectivity index (χ4n) is 1.70. The van der Waals surface area contributed by atoms with Gasteiger partial charge in [-0.2, -0.15) is 4.98 Å². The minimum Gasteiger partial charge on any atom is -0.490 e. The summed E-state index contributed by atoms with van der Waals surface area (Å²) in [4.78, 5) is 14.4. The average Bonchev–Trinajstić information content (AvgIpc) is 2.84. The summed E-state index contributed by atoms with van der Waals surface area (Å²) in [7, 11) is 1.40. The summed E-state index contributed by atoms with van der Waals surface area (Å²) in [6.07, 6.45) is 0.594. The van der Waals surface area contributed by atoms with E-state index in [9.17, 15) is 10.1 Å². The van der Waals surface area contributed by atoms with Crippen LogP contribution in [0.25, 0.3) is 0 Å². The largest absolute Gasteiger partial charge is 0.490 e. The van der Waals surface area contributed by atoms with Crippen molar-refractivity contribution in [3.63, 3.8) is 0 Å². The number of nitro benzene ring substituents is 1. The van der Waals surface area contributed by atoms with Crippen molar-refractivity contribution in [1.29, 1.82) is 0 Å². The van der Waals surface area contributed by atoms with Gasteiger partial charge in [-0.15, -0.1) is 0 Å². The Bertz CT molecular complexity index is 611. The number of nitrogens with zero attached hydrogens (tertiary/aromatic N) is 3. The van der Waals surface area contributed by atoms with Gasteiger partial charge in [-0.05, 0) is 6.07 Å². The van der Waals surface area contributed by atoms with Crippen molar-refractivity contribution in [1.82, 2.24) is 10.1 Å². The zero-order chi connectivity index (χ0) is 14.5. The zero-order valence-electron chi connectivity index (χ0n) is 11.1. The first-order valence-corrected chi connectivity index (χ1v) is 5.95. The molecule has 1 aromatic carbocycles. The summed E-state index contributed by atoms with van der Waals surface area (Å²) >= 11 is 0. The Hall–Kier alpha value is -2.64. The molecule has 1 N–H and O–H groups in total. The van der Waals surface area contributed by atoms with Gasteiger partial charge in [0.2, 0.25) is 5.89 Å². The number of aromatic nitrogens is 2. The molecule has 0 aliphatic carbocycles. The zero-order valence-corrected chi connectivity index (χ0v) is 11.1. The number of rotatable bonds is 6. The maximum absolute atomic E-state index is 10.8. The third-order valence-electron chi connectivity index (χ3n) is 2.62. The van der Waals surface area contributed by atoms with Gasteiger partial charge in [-0.3, -0.25) is 10.1 Å². The number of methoxy groups -OCH3 is 1. The highest BCUT2D eigenvalue weighted by molar-refractivity contribution is 5.57. The van der Waals surface area contributed by atoms with Crippen LogP contribution in [0, 0.1) is 17.0 Å². The number of aryl methyl sites for hydroxylation is 1. The van der Waals surface area contributed by atoms with Crippen LogP contribution in [0.2, 0.25) is 0 Å². The molecule has 0 unspecified atom stereocenters. The van der Waals surface area contributed by atoms with Crippen LogP contribution in [0.5, 0.6) is 5.75 Å². The van der Waals surface area contributed by atoms with Crippen molar-refractivity contribution in [2.24, 2.45) is 0 Å². The van der Waals surface area contributed by atoms with Crippen molar-refractivity contribution >= 4 is 11.4 Å². The molecule has 1 heterocycles. The SMILES string of the molecule is COc1cc(NCCc2noc(C)n2)ccc1[N+](=O)[O-]. The number of hydrogen-bond donors (Lipinski definition) is 1. The Labute approximate surface area is 114 Å². The van der Waals surface area contributed by atoms with E-state index in [-0.39, 0.29) is 11.4 Å². The molecular weight excluding hydrogens is 264 g/mol. The molecule has 8 heteroatoms. The van der Waals surface area contributed by atoms with Crippen LogP contribution in [0.4, 0.5) is 11.4 Å². The predicted molar refractivity (Wildman–Crippen MR) is 70.9 cm³/mol. The molecule has 0 atom stereocenters. The first-order valence-electron chi connectivity index (χ1n) is 5.95. The summed E-state index contributed by atoms with van der Waals surface area (Å²) in [6, 6.07) is 4.61. The van der Waals surface area contributed by atoms with E-state index in [0.29, 0.717) is 24.7 Å². The number of nitro groups is 1. The third kappa shape index (κ3) is 3.22. The highest BCUT2D eigenvalue weighted by Gasteiger charge is 2.14. The van der Waals surface area contributed by atoms with Crippen molar-refractivity contribution in [2.45, 2.75) is 13.3 Å². The molecule has 1 aromatic heterocycles. The number of hydrogen-bond acceptors (Lipinski definition) is 7. The van der Waals surface area contributed by atoms with Gasteiger partial charge in [0.05, 0.1) is 12.0 Å². The lowest BCUT2D eigenvalue weighted by molar-refractivity contribution is -0.385. The monoisotopic (exact) mass is 278 g/mol. The Morgan fingerprint density at radius 2 is 2.30 bits per heavy atom. The van der Waals surface area contributed by atoms with Crippen LogP contribution >= 0.6 is 0 Å². The molecule has 2 aromatic rings. The molecule has 0 aliphatic heterocycles. The van der Waals surface area contributed by atoms with Crippen molar-refractivity contribution in [2.75, 3.05) is 19.0 Å². The van der Waals surface area contributed by atoms with Gasteiger partial charge in [0.15, 0.2) is 11.6 Å². The summed E-state index contributed by atoms with van der Waals surface area (Å²) in [5.74, 6) is 1.36. The van der Waals surface area contributed by atoms with E-state index in [1.807, 2.05) is 0 Å². The average molecular weight is 278 g/mol. The van der Waals surface area contributed by atoms with E-state index in [4.69, 9.17) is 9.26 Å². The van der Waals surface area contributed by atoms with Crippen molar-refractivity contribution in [3.8, 4) is 5.75 Å².